The third-order valence-corrected chi connectivity index (χ3v) is 2.48. The van der Waals surface area contributed by atoms with E-state index in [1.807, 2.05) is 0 Å². The molecule has 0 aliphatic carbocycles. The Kier molecular flexibility index (Phi) is 2.93. The van der Waals surface area contributed by atoms with Gasteiger partial charge in [0.2, 0.25) is 0 Å². The van der Waals surface area contributed by atoms with Gasteiger partial charge in [-0.05, 0) is 12.1 Å². The van der Waals surface area contributed by atoms with Crippen molar-refractivity contribution < 1.29 is 9.18 Å². The number of hydrogen-bond acceptors (Lipinski definition) is 3. The van der Waals surface area contributed by atoms with Gasteiger partial charge in [0, 0.05) is 18.8 Å². The number of nitrogens with zero attached hydrogens (tertiary/aromatic N) is 2. The normalized spacial score (nSPS) is 10.3. The van der Waals surface area contributed by atoms with Crippen LogP contribution in [-0.2, 0) is 7.05 Å². The lowest BCUT2D eigenvalue weighted by molar-refractivity contribution is 0.1000. The largest absolute Gasteiger partial charge is 0.365 e. The van der Waals surface area contributed by atoms with Crippen molar-refractivity contribution in [2.75, 3.05) is 0 Å². The van der Waals surface area contributed by atoms with Crippen molar-refractivity contribution >= 4 is 5.91 Å². The fourth-order valence-corrected chi connectivity index (χ4v) is 1.58. The van der Waals surface area contributed by atoms with E-state index in [0.29, 0.717) is 0 Å². The molecule has 0 atom stereocenters. The fourth-order valence-electron chi connectivity index (χ4n) is 1.58. The van der Waals surface area contributed by atoms with Gasteiger partial charge in [0.25, 0.3) is 5.91 Å². The number of primary amides is 1. The number of benzene rings is 1. The van der Waals surface area contributed by atoms with Gasteiger partial charge in [-0.15, -0.1) is 0 Å². The van der Waals surface area contributed by atoms with E-state index in [4.69, 9.17) is 5.73 Å². The van der Waals surface area contributed by atoms with E-state index in [2.05, 4.69) is 4.98 Å². The number of carbonyl (C=O) groups excluding carboxylic acids is 1. The molecule has 0 bridgehead atoms. The maximum Gasteiger partial charge on any atom is 0.347 e. The van der Waals surface area contributed by atoms with Crippen molar-refractivity contribution in [3.05, 3.63) is 52.3 Å². The highest BCUT2D eigenvalue weighted by atomic mass is 19.1. The van der Waals surface area contributed by atoms with Crippen molar-refractivity contribution in [2.24, 2.45) is 12.8 Å². The van der Waals surface area contributed by atoms with Gasteiger partial charge in [0.1, 0.15) is 5.82 Å². The first-order chi connectivity index (χ1) is 8.50. The number of halogens is 1. The van der Waals surface area contributed by atoms with Gasteiger partial charge in [-0.25, -0.2) is 9.18 Å². The molecule has 5 nitrogen and oxygen atoms in total. The molecule has 1 aromatic carbocycles. The molecule has 1 heterocycles. The highest BCUT2D eigenvalue weighted by Crippen LogP contribution is 2.22. The highest BCUT2D eigenvalue weighted by molar-refractivity contribution is 5.98. The van der Waals surface area contributed by atoms with Gasteiger partial charge in [-0.3, -0.25) is 4.79 Å². The zero-order valence-electron chi connectivity index (χ0n) is 9.55. The van der Waals surface area contributed by atoms with Crippen LogP contribution in [-0.4, -0.2) is 15.5 Å². The lowest BCUT2D eigenvalue weighted by Crippen LogP contribution is -2.25. The van der Waals surface area contributed by atoms with Crippen LogP contribution in [0.15, 0.2) is 35.3 Å². The molecule has 0 aliphatic rings. The maximum atomic E-state index is 13.7. The number of rotatable bonds is 2. The zero-order chi connectivity index (χ0) is 13.3. The Hall–Kier alpha value is -2.50. The van der Waals surface area contributed by atoms with E-state index >= 15 is 0 Å². The van der Waals surface area contributed by atoms with E-state index in [1.54, 1.807) is 6.07 Å². The molecule has 6 heteroatoms. The lowest BCUT2D eigenvalue weighted by Gasteiger charge is -2.08. The Balaban J connectivity index is 2.78. The molecule has 0 unspecified atom stereocenters. The zero-order valence-corrected chi connectivity index (χ0v) is 9.55. The number of amides is 1. The van der Waals surface area contributed by atoms with E-state index in [1.165, 1.54) is 31.4 Å². The summed E-state index contributed by atoms with van der Waals surface area (Å²) in [6.07, 6.45) is 1.25. The predicted octanol–water partition coefficient (Wildman–Crippen LogP) is 0.685. The summed E-state index contributed by atoms with van der Waals surface area (Å²) in [5, 5.41) is 0. The van der Waals surface area contributed by atoms with Crippen LogP contribution >= 0.6 is 0 Å². The maximum absolute atomic E-state index is 13.7. The second-order valence-corrected chi connectivity index (χ2v) is 3.74. The molecule has 0 saturated heterocycles. The minimum Gasteiger partial charge on any atom is -0.365 e. The first-order valence-corrected chi connectivity index (χ1v) is 5.13. The molecule has 92 valence electrons. The predicted molar refractivity (Wildman–Crippen MR) is 63.4 cm³/mol. The Bertz CT molecular complexity index is 679. The topological polar surface area (TPSA) is 78.0 Å². The number of carbonyl (C=O) groups is 1. The summed E-state index contributed by atoms with van der Waals surface area (Å²) in [6, 6.07) is 5.75. The highest BCUT2D eigenvalue weighted by Gasteiger charge is 2.16. The van der Waals surface area contributed by atoms with E-state index in [-0.39, 0.29) is 16.8 Å². The Labute approximate surface area is 102 Å². The third-order valence-electron chi connectivity index (χ3n) is 2.48. The molecule has 0 radical (unpaired) electrons. The quantitative estimate of drug-likeness (QED) is 0.847. The van der Waals surface area contributed by atoms with Gasteiger partial charge >= 0.3 is 5.69 Å². The van der Waals surface area contributed by atoms with E-state index < -0.39 is 17.4 Å². The van der Waals surface area contributed by atoms with Crippen molar-refractivity contribution in [3.63, 3.8) is 0 Å². The molecule has 2 N–H and O–H groups in total. The van der Waals surface area contributed by atoms with E-state index in [0.717, 1.165) is 4.57 Å². The van der Waals surface area contributed by atoms with Crippen molar-refractivity contribution in [3.8, 4) is 11.3 Å². The standard InChI is InChI=1S/C12H10FN3O2/c1-16-6-8(11(14)17)10(15-12(16)18)7-4-2-3-5-9(7)13/h2-6H,1H3,(H2,14,17). The second kappa shape index (κ2) is 4.40. The molecule has 1 aromatic heterocycles. The first kappa shape index (κ1) is 12.0. The molecule has 0 aliphatic heterocycles. The number of aromatic nitrogens is 2. The van der Waals surface area contributed by atoms with Crippen LogP contribution in [0.2, 0.25) is 0 Å². The smallest absolute Gasteiger partial charge is 0.347 e. The van der Waals surface area contributed by atoms with Gasteiger partial charge in [0.05, 0.1) is 11.3 Å². The molecular weight excluding hydrogens is 237 g/mol. The average Bonchev–Trinajstić information content (AvgIpc) is 2.32. The van der Waals surface area contributed by atoms with Crippen LogP contribution in [0.1, 0.15) is 10.4 Å². The second-order valence-electron chi connectivity index (χ2n) is 3.74. The Morgan fingerprint density at radius 3 is 2.67 bits per heavy atom. The summed E-state index contributed by atoms with van der Waals surface area (Å²) in [5.41, 5.74) is 4.66. The lowest BCUT2D eigenvalue weighted by atomic mass is 10.1. The summed E-state index contributed by atoms with van der Waals surface area (Å²) in [6.45, 7) is 0. The number of aryl methyl sites for hydroxylation is 1. The summed E-state index contributed by atoms with van der Waals surface area (Å²) in [7, 11) is 1.44. The van der Waals surface area contributed by atoms with Crippen LogP contribution in [0.4, 0.5) is 4.39 Å². The van der Waals surface area contributed by atoms with Crippen molar-refractivity contribution in [2.45, 2.75) is 0 Å². The average molecular weight is 247 g/mol. The molecule has 1 amide bonds. The van der Waals surface area contributed by atoms with Gasteiger partial charge in [0.15, 0.2) is 0 Å². The first-order valence-electron chi connectivity index (χ1n) is 5.13. The molecule has 2 aromatic rings. The summed E-state index contributed by atoms with van der Waals surface area (Å²) in [5.74, 6) is -1.34. The number of nitrogens with two attached hydrogens (primary N) is 1. The fraction of sp³-hybridized carbons (Fsp3) is 0.0833. The van der Waals surface area contributed by atoms with Crippen LogP contribution in [0, 0.1) is 5.82 Å². The van der Waals surface area contributed by atoms with Crippen LogP contribution in [0.3, 0.4) is 0 Å². The molecule has 0 spiro atoms. The molecule has 0 fully saturated rings. The van der Waals surface area contributed by atoms with Crippen molar-refractivity contribution in [1.29, 1.82) is 0 Å². The molecular formula is C12H10FN3O2. The van der Waals surface area contributed by atoms with Gasteiger partial charge in [-0.2, -0.15) is 4.98 Å². The Morgan fingerprint density at radius 1 is 1.39 bits per heavy atom. The summed E-state index contributed by atoms with van der Waals surface area (Å²) in [4.78, 5) is 26.5. The Morgan fingerprint density at radius 2 is 2.06 bits per heavy atom. The van der Waals surface area contributed by atoms with Gasteiger partial charge < -0.3 is 10.3 Å². The monoisotopic (exact) mass is 247 g/mol. The van der Waals surface area contributed by atoms with Crippen LogP contribution in [0.25, 0.3) is 11.3 Å². The SMILES string of the molecule is Cn1cc(C(N)=O)c(-c2ccccc2F)nc1=O. The number of hydrogen-bond donors (Lipinski definition) is 1. The van der Waals surface area contributed by atoms with Crippen LogP contribution in [0.5, 0.6) is 0 Å². The minimum absolute atomic E-state index is 0.00204. The van der Waals surface area contributed by atoms with Crippen LogP contribution < -0.4 is 11.4 Å². The summed E-state index contributed by atoms with van der Waals surface area (Å²) < 4.78 is 14.8. The minimum atomic E-state index is -0.767. The molecule has 18 heavy (non-hydrogen) atoms. The van der Waals surface area contributed by atoms with E-state index in [9.17, 15) is 14.0 Å². The summed E-state index contributed by atoms with van der Waals surface area (Å²) >= 11 is 0. The molecule has 0 saturated carbocycles. The van der Waals surface area contributed by atoms with Gasteiger partial charge in [-0.1, -0.05) is 12.1 Å². The molecule has 2 rings (SSSR count). The van der Waals surface area contributed by atoms with Crippen molar-refractivity contribution in [1.82, 2.24) is 9.55 Å². The third kappa shape index (κ3) is 2.00.